The van der Waals surface area contributed by atoms with Crippen molar-refractivity contribution in [1.82, 2.24) is 0 Å². The van der Waals surface area contributed by atoms with Gasteiger partial charge in [0.25, 0.3) is 14.0 Å². The molecule has 0 amide bonds. The first kappa shape index (κ1) is 24.1. The van der Waals surface area contributed by atoms with Gasteiger partial charge < -0.3 is 18.6 Å². The predicted octanol–water partition coefficient (Wildman–Crippen LogP) is 3.88. The molecule has 0 aromatic heterocycles. The van der Waals surface area contributed by atoms with Crippen LogP contribution in [0.3, 0.4) is 0 Å². The Morgan fingerprint density at radius 2 is 1.53 bits per heavy atom. The maximum absolute atomic E-state index is 7.39. The second-order valence-corrected chi connectivity index (χ2v) is 15.9. The molecule has 0 unspecified atom stereocenters. The molecular weight excluding hydrogens is 470 g/mol. The zero-order chi connectivity index (χ0) is 25.1. The lowest BCUT2D eigenvalue weighted by Crippen LogP contribution is -2.68. The highest BCUT2D eigenvalue weighted by Crippen LogP contribution is 2.42. The standard InChI is InChI=1S/C29H36NO5Si/c1-28(2,3)36(22-12-8-6-9-13-22,23-14-10-7-11-15-23)35-26-24(25-27(31-26)33-29(4,5)32-25)30-20-16-18-21(34-30)19-17-20/h6-16,18,20-21,25-27H,17,19H2,1-5H3/q+1/b30-24+/t20-,21+,25+,26+,27+/m0/s1. The van der Waals surface area contributed by atoms with Crippen LogP contribution in [0.1, 0.15) is 47.5 Å². The van der Waals surface area contributed by atoms with Crippen LogP contribution in [0, 0.1) is 0 Å². The van der Waals surface area contributed by atoms with Gasteiger partial charge in [0.05, 0.1) is 0 Å². The van der Waals surface area contributed by atoms with Crippen LogP contribution in [-0.2, 0) is 23.5 Å². The Labute approximate surface area is 214 Å². The maximum Gasteiger partial charge on any atom is 0.294 e. The number of benzene rings is 2. The molecule has 190 valence electrons. The number of hydrogen-bond acceptors (Lipinski definition) is 5. The van der Waals surface area contributed by atoms with Gasteiger partial charge in [-0.25, -0.2) is 0 Å². The van der Waals surface area contributed by atoms with E-state index in [2.05, 4.69) is 93.6 Å². The fourth-order valence-electron chi connectivity index (χ4n) is 6.06. The van der Waals surface area contributed by atoms with E-state index in [1.54, 1.807) is 0 Å². The first-order valence-electron chi connectivity index (χ1n) is 13.0. The first-order valence-corrected chi connectivity index (χ1v) is 14.9. The van der Waals surface area contributed by atoms with Crippen LogP contribution in [0.15, 0.2) is 72.8 Å². The van der Waals surface area contributed by atoms with Gasteiger partial charge in [-0.3, -0.25) is 4.84 Å². The van der Waals surface area contributed by atoms with E-state index in [-0.39, 0.29) is 17.2 Å². The lowest BCUT2D eigenvalue weighted by molar-refractivity contribution is -0.826. The quantitative estimate of drug-likeness (QED) is 0.358. The van der Waals surface area contributed by atoms with Gasteiger partial charge in [0.1, 0.15) is 0 Å². The molecule has 3 fully saturated rings. The molecule has 7 rings (SSSR count). The van der Waals surface area contributed by atoms with E-state index >= 15 is 0 Å². The third-order valence-corrected chi connectivity index (χ3v) is 12.6. The molecule has 0 spiro atoms. The Morgan fingerprint density at radius 1 is 0.889 bits per heavy atom. The largest absolute Gasteiger partial charge is 0.375 e. The number of ether oxygens (including phenoxy) is 3. The summed E-state index contributed by atoms with van der Waals surface area (Å²) in [6, 6.07) is 21.4. The summed E-state index contributed by atoms with van der Waals surface area (Å²) in [6.45, 7) is 10.7. The van der Waals surface area contributed by atoms with Crippen molar-refractivity contribution in [3.05, 3.63) is 72.8 Å². The van der Waals surface area contributed by atoms with Crippen LogP contribution < -0.4 is 10.4 Å². The van der Waals surface area contributed by atoms with Crippen molar-refractivity contribution in [3.8, 4) is 0 Å². The fraction of sp³-hybridized carbons (Fsp3) is 0.483. The summed E-state index contributed by atoms with van der Waals surface area (Å²) in [5.74, 6) is -0.742. The molecule has 5 atom stereocenters. The number of hydrogen-bond donors (Lipinski definition) is 0. The molecule has 5 aliphatic rings. The zero-order valence-electron chi connectivity index (χ0n) is 21.7. The predicted molar refractivity (Wildman–Crippen MR) is 140 cm³/mol. The zero-order valence-corrected chi connectivity index (χ0v) is 22.7. The third-order valence-electron chi connectivity index (χ3n) is 7.65. The van der Waals surface area contributed by atoms with Crippen LogP contribution in [0.25, 0.3) is 0 Å². The van der Waals surface area contributed by atoms with Crippen molar-refractivity contribution >= 4 is 24.4 Å². The second kappa shape index (κ2) is 8.64. The Kier molecular flexibility index (Phi) is 5.77. The van der Waals surface area contributed by atoms with Gasteiger partial charge in [-0.2, -0.15) is 0 Å². The van der Waals surface area contributed by atoms with Crippen molar-refractivity contribution in [1.29, 1.82) is 0 Å². The molecule has 0 N–H and O–H groups in total. The van der Waals surface area contributed by atoms with E-state index < -0.39 is 32.8 Å². The molecule has 6 nitrogen and oxygen atoms in total. The van der Waals surface area contributed by atoms with Gasteiger partial charge in [-0.05, 0) is 46.2 Å². The summed E-state index contributed by atoms with van der Waals surface area (Å²) in [4.78, 5) is 6.42. The molecule has 4 aliphatic heterocycles. The molecular formula is C29H36NO5Si+. The topological polar surface area (TPSA) is 49.2 Å². The van der Waals surface area contributed by atoms with Gasteiger partial charge in [0.15, 0.2) is 11.9 Å². The van der Waals surface area contributed by atoms with Gasteiger partial charge in [0.2, 0.25) is 24.7 Å². The van der Waals surface area contributed by atoms with E-state index in [1.807, 2.05) is 18.6 Å². The highest BCUT2D eigenvalue weighted by atomic mass is 28.4. The summed E-state index contributed by atoms with van der Waals surface area (Å²) in [5.41, 5.74) is 0.873. The van der Waals surface area contributed by atoms with Crippen molar-refractivity contribution in [2.45, 2.75) is 89.1 Å². The number of rotatable bonds is 4. The van der Waals surface area contributed by atoms with Crippen LogP contribution in [0.2, 0.25) is 5.04 Å². The molecule has 7 heteroatoms. The molecule has 2 aromatic rings. The van der Waals surface area contributed by atoms with Crippen molar-refractivity contribution in [2.24, 2.45) is 0 Å². The average molecular weight is 507 g/mol. The van der Waals surface area contributed by atoms with E-state index in [0.717, 1.165) is 18.6 Å². The van der Waals surface area contributed by atoms with E-state index in [1.165, 1.54) is 10.4 Å². The van der Waals surface area contributed by atoms with Gasteiger partial charge in [0, 0.05) is 12.8 Å². The maximum atomic E-state index is 7.39. The van der Waals surface area contributed by atoms with Crippen LogP contribution in [-0.4, -0.2) is 55.4 Å². The molecule has 36 heavy (non-hydrogen) atoms. The lowest BCUT2D eigenvalue weighted by Gasteiger charge is -2.44. The number of hydroxylamine groups is 1. The van der Waals surface area contributed by atoms with Crippen LogP contribution in [0.5, 0.6) is 0 Å². The molecule has 1 aliphatic carbocycles. The average Bonchev–Trinajstić information content (AvgIpc) is 3.34. The Hall–Kier alpha value is -2.29. The van der Waals surface area contributed by atoms with Crippen molar-refractivity contribution < 1.29 is 28.2 Å². The molecule has 0 saturated carbocycles. The third kappa shape index (κ3) is 3.89. The highest BCUT2D eigenvalue weighted by molar-refractivity contribution is 6.99. The number of fused-ring (bicyclic) bond motifs is 3. The Bertz CT molecular complexity index is 1130. The molecule has 3 saturated heterocycles. The summed E-state index contributed by atoms with van der Waals surface area (Å²) in [5, 5.41) is 2.21. The highest BCUT2D eigenvalue weighted by Gasteiger charge is 2.63. The Morgan fingerprint density at radius 3 is 2.03 bits per heavy atom. The Balaban J connectivity index is 1.50. The van der Waals surface area contributed by atoms with E-state index in [0.29, 0.717) is 0 Å². The summed E-state index contributed by atoms with van der Waals surface area (Å²) >= 11 is 0. The fourth-order valence-corrected chi connectivity index (χ4v) is 10.6. The SMILES string of the molecule is CC1(C)O[C@H]2O[C@H](O[Si](c3ccccc3)(c3ccccc3)C(C)(C)C)/C(=[N+]3/O[C@@H]4C=C[C@H]3CC4)[C@H]2O1. The van der Waals surface area contributed by atoms with E-state index in [9.17, 15) is 0 Å². The minimum Gasteiger partial charge on any atom is -0.375 e. The lowest BCUT2D eigenvalue weighted by atomic mass is 9.98. The molecule has 2 bridgehead atoms. The minimum atomic E-state index is -2.88. The summed E-state index contributed by atoms with van der Waals surface area (Å²) in [6.07, 6.45) is 4.90. The monoisotopic (exact) mass is 506 g/mol. The van der Waals surface area contributed by atoms with Gasteiger partial charge in [-0.1, -0.05) is 81.4 Å². The number of nitrogens with zero attached hydrogens (tertiary/aromatic N) is 1. The normalized spacial score (nSPS) is 33.0. The van der Waals surface area contributed by atoms with Gasteiger partial charge >= 0.3 is 0 Å². The van der Waals surface area contributed by atoms with Crippen LogP contribution in [0.4, 0.5) is 0 Å². The molecule has 0 radical (unpaired) electrons. The van der Waals surface area contributed by atoms with Gasteiger partial charge in [-0.15, -0.1) is 0 Å². The minimum absolute atomic E-state index is 0.0606. The summed E-state index contributed by atoms with van der Waals surface area (Å²) in [7, 11) is -2.88. The molecule has 4 heterocycles. The summed E-state index contributed by atoms with van der Waals surface area (Å²) < 4.78 is 28.5. The molecule has 2 aromatic carbocycles. The van der Waals surface area contributed by atoms with Crippen LogP contribution >= 0.6 is 0 Å². The first-order chi connectivity index (χ1) is 17.2. The van der Waals surface area contributed by atoms with Crippen molar-refractivity contribution in [3.63, 3.8) is 0 Å². The smallest absolute Gasteiger partial charge is 0.294 e. The van der Waals surface area contributed by atoms with E-state index in [4.69, 9.17) is 23.5 Å². The second-order valence-electron chi connectivity index (χ2n) is 11.6. The van der Waals surface area contributed by atoms with Crippen molar-refractivity contribution in [2.75, 3.05) is 0 Å².